The van der Waals surface area contributed by atoms with Gasteiger partial charge in [0.15, 0.2) is 0 Å². The number of halogens is 2. The maximum absolute atomic E-state index is 15.1. The molecular formula is C31H55ClFN5O6. The zero-order valence-electron chi connectivity index (χ0n) is 26.0. The number of aliphatic hydroxyl groups excluding tert-OH is 4. The van der Waals surface area contributed by atoms with Crippen LogP contribution in [0.5, 0.6) is 0 Å². The first-order valence-corrected chi connectivity index (χ1v) is 17.3. The van der Waals surface area contributed by atoms with Gasteiger partial charge in [0.25, 0.3) is 0 Å². The number of piperidine rings is 1. The first-order valence-electron chi connectivity index (χ1n) is 16.9. The van der Waals surface area contributed by atoms with Crippen LogP contribution in [0.2, 0.25) is 0 Å². The lowest BCUT2D eigenvalue weighted by atomic mass is 9.77. The van der Waals surface area contributed by atoms with E-state index in [1.54, 1.807) is 0 Å². The summed E-state index contributed by atoms with van der Waals surface area (Å²) in [5.74, 6) is 0.488. The molecule has 0 aromatic carbocycles. The van der Waals surface area contributed by atoms with E-state index in [9.17, 15) is 20.1 Å². The molecule has 1 aliphatic carbocycles. The van der Waals surface area contributed by atoms with Crippen LogP contribution in [0.3, 0.4) is 0 Å². The van der Waals surface area contributed by atoms with Crippen molar-refractivity contribution in [2.24, 2.45) is 17.3 Å². The third kappa shape index (κ3) is 9.02. The first kappa shape index (κ1) is 34.7. The third-order valence-corrected chi connectivity index (χ3v) is 11.1. The molecule has 6 N–H and O–H groups in total. The van der Waals surface area contributed by atoms with Crippen molar-refractivity contribution in [1.29, 1.82) is 0 Å². The zero-order chi connectivity index (χ0) is 31.3. The summed E-state index contributed by atoms with van der Waals surface area (Å²) in [5.41, 5.74) is -0.0220. The van der Waals surface area contributed by atoms with Gasteiger partial charge in [-0.05, 0) is 63.3 Å². The van der Waals surface area contributed by atoms with Crippen LogP contribution in [-0.2, 0) is 9.53 Å². The highest BCUT2D eigenvalue weighted by molar-refractivity contribution is 6.21. The van der Waals surface area contributed by atoms with Crippen molar-refractivity contribution in [3.63, 3.8) is 0 Å². The predicted molar refractivity (Wildman–Crippen MR) is 165 cm³/mol. The maximum Gasteiger partial charge on any atom is 0.222 e. The van der Waals surface area contributed by atoms with Crippen LogP contribution >= 0.6 is 11.6 Å². The minimum absolute atomic E-state index is 0.0203. The van der Waals surface area contributed by atoms with Gasteiger partial charge in [0.2, 0.25) is 5.91 Å². The Morgan fingerprint density at radius 3 is 2.43 bits per heavy atom. The van der Waals surface area contributed by atoms with E-state index >= 15 is 4.39 Å². The fraction of sp³-hybridized carbons (Fsp3) is 0.968. The van der Waals surface area contributed by atoms with Gasteiger partial charge in [-0.1, -0.05) is 0 Å². The highest BCUT2D eigenvalue weighted by atomic mass is 35.5. The smallest absolute Gasteiger partial charge is 0.222 e. The maximum atomic E-state index is 15.1. The van der Waals surface area contributed by atoms with Crippen LogP contribution in [0.1, 0.15) is 57.8 Å². The summed E-state index contributed by atoms with van der Waals surface area (Å²) in [6.07, 6.45) is 2.75. The number of likely N-dealkylation sites (tertiary alicyclic amines) is 3. The number of nitrogens with one attached hydrogen (secondary N) is 2. The zero-order valence-corrected chi connectivity index (χ0v) is 26.8. The fourth-order valence-electron chi connectivity index (χ4n) is 8.00. The van der Waals surface area contributed by atoms with Gasteiger partial charge in [-0.3, -0.25) is 25.2 Å². The molecule has 4 saturated heterocycles. The van der Waals surface area contributed by atoms with Crippen LogP contribution < -0.4 is 10.6 Å². The molecule has 4 heterocycles. The lowest BCUT2D eigenvalue weighted by molar-refractivity contribution is -0.145. The van der Waals surface area contributed by atoms with E-state index in [1.807, 2.05) is 9.80 Å². The Morgan fingerprint density at radius 1 is 1.02 bits per heavy atom. The second-order valence-corrected chi connectivity index (χ2v) is 14.9. The first-order chi connectivity index (χ1) is 21.1. The Balaban J connectivity index is 0.915. The average molecular weight is 648 g/mol. The van der Waals surface area contributed by atoms with Crippen molar-refractivity contribution in [2.45, 2.75) is 100 Å². The molecule has 3 unspecified atom stereocenters. The largest absolute Gasteiger partial charge is 0.394 e. The Labute approximate surface area is 266 Å². The van der Waals surface area contributed by atoms with E-state index in [-0.39, 0.29) is 48.0 Å². The number of carbonyl (C=O) groups is 1. The number of carbonyl (C=O) groups excluding carboxylic acids is 1. The van der Waals surface area contributed by atoms with Crippen molar-refractivity contribution < 1.29 is 34.3 Å². The van der Waals surface area contributed by atoms with Crippen LogP contribution in [0, 0.1) is 17.3 Å². The van der Waals surface area contributed by atoms with E-state index in [0.717, 1.165) is 58.4 Å². The molecule has 44 heavy (non-hydrogen) atoms. The molecule has 5 fully saturated rings. The van der Waals surface area contributed by atoms with E-state index < -0.39 is 31.1 Å². The Kier molecular flexibility index (Phi) is 12.6. The minimum Gasteiger partial charge on any atom is -0.394 e. The topological polar surface area (TPSA) is 141 Å². The van der Waals surface area contributed by atoms with Crippen LogP contribution in [0.25, 0.3) is 0 Å². The lowest BCUT2D eigenvalue weighted by Gasteiger charge is -2.49. The summed E-state index contributed by atoms with van der Waals surface area (Å²) < 4.78 is 21.2. The van der Waals surface area contributed by atoms with Crippen LogP contribution in [0.15, 0.2) is 0 Å². The molecule has 1 spiro atoms. The number of nitrogens with zero attached hydrogens (tertiary/aromatic N) is 3. The number of ether oxygens (including phenoxy) is 1. The lowest BCUT2D eigenvalue weighted by Crippen LogP contribution is -2.62. The summed E-state index contributed by atoms with van der Waals surface area (Å²) in [5, 5.41) is 45.8. The molecular weight excluding hydrogens is 593 g/mol. The normalized spacial score (nSPS) is 34.1. The molecule has 0 aromatic rings. The van der Waals surface area contributed by atoms with Gasteiger partial charge in [0.05, 0.1) is 24.2 Å². The number of amides is 1. The second-order valence-electron chi connectivity index (χ2n) is 14.3. The monoisotopic (exact) mass is 647 g/mol. The quantitative estimate of drug-likeness (QED) is 0.120. The number of alkyl halides is 2. The molecule has 254 valence electrons. The molecule has 5 aliphatic rings. The Bertz CT molecular complexity index is 905. The van der Waals surface area contributed by atoms with Gasteiger partial charge < -0.3 is 30.1 Å². The predicted octanol–water partition coefficient (Wildman–Crippen LogP) is 0.0852. The number of β-amino-alcohol motifs (C(OH)–C–C–N with tert-alkyl or cyclic N) is 1. The molecule has 0 bridgehead atoms. The highest BCUT2D eigenvalue weighted by Crippen LogP contribution is 2.41. The van der Waals surface area contributed by atoms with E-state index in [1.165, 1.54) is 12.8 Å². The van der Waals surface area contributed by atoms with Crippen molar-refractivity contribution >= 4 is 17.5 Å². The SMILES string of the molecule is O=C(CC1CCC(OCCCC2CCN(C3NCC(Cl)CN3)CC2)CC1F)N1CC2(CCN(C[C@H](O)[C@H](O)[C@H](O)CO)C2)C1. The molecule has 5 rings (SSSR count). The van der Waals surface area contributed by atoms with Gasteiger partial charge in [-0.25, -0.2) is 4.39 Å². The number of rotatable bonds is 13. The van der Waals surface area contributed by atoms with E-state index in [2.05, 4.69) is 15.5 Å². The van der Waals surface area contributed by atoms with Crippen molar-refractivity contribution in [3.05, 3.63) is 0 Å². The molecule has 13 heteroatoms. The van der Waals surface area contributed by atoms with Crippen LogP contribution in [-0.4, -0.2) is 155 Å². The summed E-state index contributed by atoms with van der Waals surface area (Å²) in [7, 11) is 0. The summed E-state index contributed by atoms with van der Waals surface area (Å²) >= 11 is 6.16. The van der Waals surface area contributed by atoms with Crippen LogP contribution in [0.4, 0.5) is 4.39 Å². The summed E-state index contributed by atoms with van der Waals surface area (Å²) in [6.45, 7) is 6.83. The van der Waals surface area contributed by atoms with Gasteiger partial charge >= 0.3 is 0 Å². The molecule has 0 aromatic heterocycles. The molecule has 6 atom stereocenters. The molecule has 1 saturated carbocycles. The van der Waals surface area contributed by atoms with Crippen molar-refractivity contribution in [3.8, 4) is 0 Å². The highest BCUT2D eigenvalue weighted by Gasteiger charge is 2.50. The average Bonchev–Trinajstić information content (AvgIpc) is 3.44. The Morgan fingerprint density at radius 2 is 1.75 bits per heavy atom. The third-order valence-electron chi connectivity index (χ3n) is 10.8. The summed E-state index contributed by atoms with van der Waals surface area (Å²) in [6, 6.07) is 0. The molecule has 11 nitrogen and oxygen atoms in total. The van der Waals surface area contributed by atoms with Gasteiger partial charge in [-0.15, -0.1) is 11.6 Å². The number of hydrogen-bond donors (Lipinski definition) is 6. The van der Waals surface area contributed by atoms with E-state index in [0.29, 0.717) is 45.0 Å². The number of aliphatic hydroxyl groups is 4. The fourth-order valence-corrected chi connectivity index (χ4v) is 8.18. The van der Waals surface area contributed by atoms with Crippen molar-refractivity contribution in [2.75, 3.05) is 72.1 Å². The summed E-state index contributed by atoms with van der Waals surface area (Å²) in [4.78, 5) is 19.3. The Hall–Kier alpha value is -0.670. The van der Waals surface area contributed by atoms with Gasteiger partial charge in [0, 0.05) is 77.2 Å². The number of hydrogen-bond acceptors (Lipinski definition) is 10. The van der Waals surface area contributed by atoms with E-state index in [4.69, 9.17) is 21.4 Å². The molecule has 1 amide bonds. The molecule has 0 radical (unpaired) electrons. The minimum atomic E-state index is -1.40. The van der Waals surface area contributed by atoms with Crippen molar-refractivity contribution in [1.82, 2.24) is 25.3 Å². The molecule has 4 aliphatic heterocycles. The standard InChI is InChI=1S/C31H55ClFN5O6/c32-23-14-34-30(35-15-23)37-8-5-21(6-9-37)2-1-11-44-24-4-3-22(25(33)13-24)12-28(42)38-19-31(20-38)7-10-36(18-31)16-26(40)29(43)27(41)17-39/h21-27,29-30,34-35,39-41,43H,1-20H2/t22?,23?,24?,25?,26-,27+,29-,30?/m0/s1. The van der Waals surface area contributed by atoms with Gasteiger partial charge in [-0.2, -0.15) is 0 Å². The van der Waals surface area contributed by atoms with Gasteiger partial charge in [0.1, 0.15) is 24.7 Å². The second kappa shape index (κ2) is 16.0.